The molecule has 0 unspecified atom stereocenters. The Morgan fingerprint density at radius 1 is 1.21 bits per heavy atom. The van der Waals surface area contributed by atoms with Crippen LogP contribution in [0.2, 0.25) is 5.02 Å². The summed E-state index contributed by atoms with van der Waals surface area (Å²) in [5, 5.41) is 4.72. The fraction of sp³-hybridized carbons (Fsp3) is 0.467. The van der Waals surface area contributed by atoms with Gasteiger partial charge in [0, 0.05) is 10.9 Å². The first-order valence-electron chi connectivity index (χ1n) is 6.84. The number of nitrogens with zero attached hydrogens (tertiary/aromatic N) is 1. The predicted octanol–water partition coefficient (Wildman–Crippen LogP) is 3.23. The number of hydrazone groups is 1. The molecule has 1 N–H and O–H groups in total. The van der Waals surface area contributed by atoms with Crippen molar-refractivity contribution in [1.29, 1.82) is 0 Å². The molecule has 1 amide bonds. The Kier molecular flexibility index (Phi) is 3.56. The minimum atomic E-state index is 0.0853. The van der Waals surface area contributed by atoms with Crippen LogP contribution in [0, 0.1) is 17.8 Å². The monoisotopic (exact) mass is 276 g/mol. The molecular formula is C15H17ClN2O. The van der Waals surface area contributed by atoms with Gasteiger partial charge in [-0.05, 0) is 42.4 Å². The smallest absolute Gasteiger partial charge is 0.243 e. The highest BCUT2D eigenvalue weighted by molar-refractivity contribution is 6.30. The summed E-state index contributed by atoms with van der Waals surface area (Å²) >= 11 is 5.80. The highest BCUT2D eigenvalue weighted by Crippen LogP contribution is 2.55. The van der Waals surface area contributed by atoms with E-state index >= 15 is 0 Å². The first-order valence-corrected chi connectivity index (χ1v) is 7.22. The van der Waals surface area contributed by atoms with Gasteiger partial charge in [0.05, 0.1) is 6.21 Å². The van der Waals surface area contributed by atoms with E-state index in [-0.39, 0.29) is 11.8 Å². The molecule has 0 aliphatic heterocycles. The van der Waals surface area contributed by atoms with Crippen molar-refractivity contribution in [2.45, 2.75) is 25.7 Å². The summed E-state index contributed by atoms with van der Waals surface area (Å²) in [6.45, 7) is 0. The van der Waals surface area contributed by atoms with Gasteiger partial charge in [-0.15, -0.1) is 0 Å². The van der Waals surface area contributed by atoms with Gasteiger partial charge in [-0.2, -0.15) is 5.10 Å². The molecule has 2 atom stereocenters. The molecule has 19 heavy (non-hydrogen) atoms. The summed E-state index contributed by atoms with van der Waals surface area (Å²) in [6.07, 6.45) is 6.63. The Labute approximate surface area is 118 Å². The van der Waals surface area contributed by atoms with E-state index in [1.54, 1.807) is 18.3 Å². The quantitative estimate of drug-likeness (QED) is 0.668. The van der Waals surface area contributed by atoms with Crippen LogP contribution >= 0.6 is 11.6 Å². The lowest BCUT2D eigenvalue weighted by Gasteiger charge is -2.04. The lowest BCUT2D eigenvalue weighted by Crippen LogP contribution is -2.20. The van der Waals surface area contributed by atoms with Crippen LogP contribution in [0.4, 0.5) is 0 Å². The summed E-state index contributed by atoms with van der Waals surface area (Å²) in [4.78, 5) is 12.0. The maximum Gasteiger partial charge on any atom is 0.243 e. The maximum absolute atomic E-state index is 12.0. The highest BCUT2D eigenvalue weighted by atomic mass is 35.5. The molecule has 0 heterocycles. The Hall–Kier alpha value is -1.35. The van der Waals surface area contributed by atoms with Gasteiger partial charge >= 0.3 is 0 Å². The third-order valence-electron chi connectivity index (χ3n) is 4.22. The zero-order valence-electron chi connectivity index (χ0n) is 10.7. The standard InChI is InChI=1S/C15H17ClN2O/c16-11-7-5-10(6-8-11)9-17-18-15(19)14-12-3-1-2-4-13(12)14/h5-9,12-14H,1-4H2,(H,18,19)/b17-9-/t12-,13-/m1/s1. The molecule has 0 spiro atoms. The van der Waals surface area contributed by atoms with E-state index in [4.69, 9.17) is 11.6 Å². The largest absolute Gasteiger partial charge is 0.273 e. The zero-order valence-corrected chi connectivity index (χ0v) is 11.4. The van der Waals surface area contributed by atoms with Crippen LogP contribution in [0.25, 0.3) is 0 Å². The van der Waals surface area contributed by atoms with Crippen LogP contribution < -0.4 is 5.43 Å². The van der Waals surface area contributed by atoms with Crippen molar-refractivity contribution < 1.29 is 4.79 Å². The third-order valence-corrected chi connectivity index (χ3v) is 4.47. The normalized spacial score (nSPS) is 29.0. The number of amides is 1. The van der Waals surface area contributed by atoms with Crippen LogP contribution in [-0.2, 0) is 4.79 Å². The Morgan fingerprint density at radius 2 is 1.84 bits per heavy atom. The first kappa shape index (κ1) is 12.7. The SMILES string of the molecule is O=C(N/N=C\c1ccc(Cl)cc1)C1[C@@H]2CCCC[C@@H]12. The summed E-state index contributed by atoms with van der Waals surface area (Å²) in [5.74, 6) is 1.55. The van der Waals surface area contributed by atoms with Crippen molar-refractivity contribution in [3.05, 3.63) is 34.9 Å². The average molecular weight is 277 g/mol. The van der Waals surface area contributed by atoms with E-state index in [1.807, 2.05) is 12.1 Å². The molecule has 100 valence electrons. The van der Waals surface area contributed by atoms with Gasteiger partial charge in [-0.1, -0.05) is 36.6 Å². The molecule has 0 aromatic heterocycles. The zero-order chi connectivity index (χ0) is 13.2. The van der Waals surface area contributed by atoms with E-state index in [0.29, 0.717) is 16.9 Å². The second-order valence-corrected chi connectivity index (χ2v) is 5.86. The third kappa shape index (κ3) is 2.81. The van der Waals surface area contributed by atoms with E-state index in [2.05, 4.69) is 10.5 Å². The van der Waals surface area contributed by atoms with Gasteiger partial charge in [0.1, 0.15) is 0 Å². The molecule has 3 rings (SSSR count). The van der Waals surface area contributed by atoms with Crippen molar-refractivity contribution >= 4 is 23.7 Å². The summed E-state index contributed by atoms with van der Waals surface area (Å²) in [5.41, 5.74) is 3.59. The summed E-state index contributed by atoms with van der Waals surface area (Å²) in [7, 11) is 0. The molecule has 3 nitrogen and oxygen atoms in total. The number of fused-ring (bicyclic) bond motifs is 1. The van der Waals surface area contributed by atoms with Gasteiger partial charge in [-0.3, -0.25) is 4.79 Å². The van der Waals surface area contributed by atoms with Crippen molar-refractivity contribution in [2.24, 2.45) is 22.9 Å². The lowest BCUT2D eigenvalue weighted by molar-refractivity contribution is -0.122. The number of carbonyl (C=O) groups is 1. The molecule has 0 bridgehead atoms. The number of benzene rings is 1. The molecule has 2 aliphatic carbocycles. The van der Waals surface area contributed by atoms with E-state index in [1.165, 1.54) is 25.7 Å². The molecule has 1 aromatic rings. The average Bonchev–Trinajstić information content (AvgIpc) is 3.15. The second kappa shape index (κ2) is 5.33. The number of hydrogen-bond donors (Lipinski definition) is 1. The van der Waals surface area contributed by atoms with E-state index in [0.717, 1.165) is 5.56 Å². The Morgan fingerprint density at radius 3 is 2.47 bits per heavy atom. The summed E-state index contributed by atoms with van der Waals surface area (Å²) < 4.78 is 0. The topological polar surface area (TPSA) is 41.5 Å². The molecular weight excluding hydrogens is 260 g/mol. The van der Waals surface area contributed by atoms with Gasteiger partial charge in [0.15, 0.2) is 0 Å². The number of rotatable bonds is 3. The van der Waals surface area contributed by atoms with E-state index < -0.39 is 0 Å². The molecule has 2 aliphatic rings. The van der Waals surface area contributed by atoms with Crippen LogP contribution in [0.15, 0.2) is 29.4 Å². The van der Waals surface area contributed by atoms with Gasteiger partial charge < -0.3 is 0 Å². The van der Waals surface area contributed by atoms with Crippen molar-refractivity contribution in [3.8, 4) is 0 Å². The number of nitrogens with one attached hydrogen (secondary N) is 1. The van der Waals surface area contributed by atoms with Crippen LogP contribution in [0.5, 0.6) is 0 Å². The predicted molar refractivity (Wildman–Crippen MR) is 76.1 cm³/mol. The number of hydrogen-bond acceptors (Lipinski definition) is 2. The summed E-state index contributed by atoms with van der Waals surface area (Å²) in [6, 6.07) is 7.35. The second-order valence-electron chi connectivity index (χ2n) is 5.42. The molecule has 0 saturated heterocycles. The van der Waals surface area contributed by atoms with Crippen LogP contribution in [0.3, 0.4) is 0 Å². The van der Waals surface area contributed by atoms with Gasteiger partial charge in [0.2, 0.25) is 5.91 Å². The van der Waals surface area contributed by atoms with E-state index in [9.17, 15) is 4.79 Å². The van der Waals surface area contributed by atoms with Gasteiger partial charge in [-0.25, -0.2) is 5.43 Å². The van der Waals surface area contributed by atoms with Crippen molar-refractivity contribution in [1.82, 2.24) is 5.43 Å². The lowest BCUT2D eigenvalue weighted by atomic mass is 10.0. The highest BCUT2D eigenvalue weighted by Gasteiger charge is 2.54. The molecule has 0 radical (unpaired) electrons. The molecule has 2 saturated carbocycles. The van der Waals surface area contributed by atoms with Crippen molar-refractivity contribution in [3.63, 3.8) is 0 Å². The minimum Gasteiger partial charge on any atom is -0.273 e. The maximum atomic E-state index is 12.0. The fourth-order valence-corrected chi connectivity index (χ4v) is 3.30. The molecule has 4 heteroatoms. The number of halogens is 1. The minimum absolute atomic E-state index is 0.0853. The Balaban J connectivity index is 1.52. The van der Waals surface area contributed by atoms with Crippen molar-refractivity contribution in [2.75, 3.05) is 0 Å². The molecule has 1 aromatic carbocycles. The Bertz CT molecular complexity index is 485. The number of carbonyl (C=O) groups excluding carboxylic acids is 1. The van der Waals surface area contributed by atoms with Crippen LogP contribution in [-0.4, -0.2) is 12.1 Å². The molecule has 2 fully saturated rings. The first-order chi connectivity index (χ1) is 9.25. The van der Waals surface area contributed by atoms with Gasteiger partial charge in [0.25, 0.3) is 0 Å². The van der Waals surface area contributed by atoms with Crippen LogP contribution in [0.1, 0.15) is 31.2 Å². The fourth-order valence-electron chi connectivity index (χ4n) is 3.18.